The largest absolute Gasteiger partial charge is 0.494 e. The minimum absolute atomic E-state index is 0.104. The van der Waals surface area contributed by atoms with Crippen LogP contribution >= 0.6 is 0 Å². The smallest absolute Gasteiger partial charge is 0.311 e. The summed E-state index contributed by atoms with van der Waals surface area (Å²) in [6, 6.07) is 13.8. The summed E-state index contributed by atoms with van der Waals surface area (Å²) in [5, 5.41) is 2.93. The van der Waals surface area contributed by atoms with Gasteiger partial charge in [0.25, 0.3) is 5.91 Å². The molecule has 1 amide bonds. The Balaban J connectivity index is 1.93. The van der Waals surface area contributed by atoms with E-state index < -0.39 is 17.9 Å². The molecule has 150 valence electrons. The van der Waals surface area contributed by atoms with Gasteiger partial charge < -0.3 is 14.8 Å². The van der Waals surface area contributed by atoms with Gasteiger partial charge in [0.2, 0.25) is 0 Å². The van der Waals surface area contributed by atoms with Crippen molar-refractivity contribution in [3.05, 3.63) is 65.5 Å². The quantitative estimate of drug-likeness (QED) is 0.662. The minimum Gasteiger partial charge on any atom is -0.494 e. The Labute approximate surface area is 164 Å². The lowest BCUT2D eigenvalue weighted by Crippen LogP contribution is -2.38. The van der Waals surface area contributed by atoms with Gasteiger partial charge in [-0.15, -0.1) is 0 Å². The van der Waals surface area contributed by atoms with Crippen LogP contribution in [0.1, 0.15) is 43.9 Å². The molecule has 0 saturated carbocycles. The molecule has 5 nitrogen and oxygen atoms in total. The van der Waals surface area contributed by atoms with Gasteiger partial charge in [0, 0.05) is 0 Å². The summed E-state index contributed by atoms with van der Waals surface area (Å²) in [5.74, 6) is -1.41. The van der Waals surface area contributed by atoms with Crippen LogP contribution in [-0.2, 0) is 20.7 Å². The second kappa shape index (κ2) is 10.4. The van der Waals surface area contributed by atoms with E-state index in [0.29, 0.717) is 5.56 Å². The molecule has 0 aliphatic heterocycles. The first kappa shape index (κ1) is 21.4. The standard InChI is InChI=1S/C22H26FNO4/c1-4-8-19(17-9-6-5-7-10-17)24-22(26)15(2)28-21(25)14-16-11-12-20(27-3)18(23)13-16/h5-7,9-13,15,19H,4,8,14H2,1-3H3,(H,24,26)/t15-,19+/m0/s1. The summed E-state index contributed by atoms with van der Waals surface area (Å²) in [5.41, 5.74) is 1.45. The molecule has 0 heterocycles. The topological polar surface area (TPSA) is 64.6 Å². The number of hydrogen-bond donors (Lipinski definition) is 1. The first-order valence-corrected chi connectivity index (χ1v) is 9.31. The molecule has 0 saturated heterocycles. The fourth-order valence-corrected chi connectivity index (χ4v) is 2.86. The number of esters is 1. The van der Waals surface area contributed by atoms with Crippen LogP contribution in [0.25, 0.3) is 0 Å². The zero-order valence-corrected chi connectivity index (χ0v) is 16.4. The van der Waals surface area contributed by atoms with Gasteiger partial charge in [-0.2, -0.15) is 0 Å². The first-order chi connectivity index (χ1) is 13.4. The predicted octanol–water partition coefficient (Wildman–Crippen LogP) is 3.97. The summed E-state index contributed by atoms with van der Waals surface area (Å²) in [6.07, 6.45) is 0.604. The van der Waals surface area contributed by atoms with E-state index in [9.17, 15) is 14.0 Å². The Morgan fingerprint density at radius 1 is 1.14 bits per heavy atom. The van der Waals surface area contributed by atoms with Crippen molar-refractivity contribution in [1.29, 1.82) is 0 Å². The van der Waals surface area contributed by atoms with E-state index in [1.807, 2.05) is 37.3 Å². The van der Waals surface area contributed by atoms with Gasteiger partial charge in [-0.1, -0.05) is 49.7 Å². The number of methoxy groups -OCH3 is 1. The lowest BCUT2D eigenvalue weighted by atomic mass is 10.0. The van der Waals surface area contributed by atoms with Gasteiger partial charge >= 0.3 is 5.97 Å². The lowest BCUT2D eigenvalue weighted by molar-refractivity contribution is -0.154. The molecule has 0 radical (unpaired) electrons. The maximum Gasteiger partial charge on any atom is 0.311 e. The van der Waals surface area contributed by atoms with Crippen LogP contribution in [0.4, 0.5) is 4.39 Å². The Morgan fingerprint density at radius 3 is 2.46 bits per heavy atom. The summed E-state index contributed by atoms with van der Waals surface area (Å²) >= 11 is 0. The van der Waals surface area contributed by atoms with Crippen molar-refractivity contribution in [1.82, 2.24) is 5.32 Å². The molecule has 0 bridgehead atoms. The molecule has 6 heteroatoms. The summed E-state index contributed by atoms with van der Waals surface area (Å²) in [4.78, 5) is 24.6. The van der Waals surface area contributed by atoms with Crippen molar-refractivity contribution in [2.75, 3.05) is 7.11 Å². The van der Waals surface area contributed by atoms with E-state index in [4.69, 9.17) is 9.47 Å². The van der Waals surface area contributed by atoms with E-state index in [1.54, 1.807) is 6.07 Å². The number of rotatable bonds is 9. The maximum absolute atomic E-state index is 13.7. The average molecular weight is 387 g/mol. The van der Waals surface area contributed by atoms with Crippen molar-refractivity contribution in [2.45, 2.75) is 45.3 Å². The fraction of sp³-hybridized carbons (Fsp3) is 0.364. The van der Waals surface area contributed by atoms with Crippen LogP contribution in [0.3, 0.4) is 0 Å². The summed E-state index contributed by atoms with van der Waals surface area (Å²) < 4.78 is 23.8. The molecule has 0 unspecified atom stereocenters. The first-order valence-electron chi connectivity index (χ1n) is 9.31. The number of nitrogens with one attached hydrogen (secondary N) is 1. The van der Waals surface area contributed by atoms with Gasteiger partial charge in [0.15, 0.2) is 17.7 Å². The highest BCUT2D eigenvalue weighted by atomic mass is 19.1. The van der Waals surface area contributed by atoms with Crippen LogP contribution < -0.4 is 10.1 Å². The third-order valence-electron chi connectivity index (χ3n) is 4.34. The zero-order chi connectivity index (χ0) is 20.5. The molecule has 0 spiro atoms. The van der Waals surface area contributed by atoms with Crippen LogP contribution in [-0.4, -0.2) is 25.1 Å². The van der Waals surface area contributed by atoms with Gasteiger partial charge in [0.1, 0.15) is 0 Å². The Bertz CT molecular complexity index is 794. The highest BCUT2D eigenvalue weighted by molar-refractivity contribution is 5.84. The molecule has 2 rings (SSSR count). The van der Waals surface area contributed by atoms with Crippen LogP contribution in [0.15, 0.2) is 48.5 Å². The zero-order valence-electron chi connectivity index (χ0n) is 16.4. The SMILES string of the molecule is CCC[C@@H](NC(=O)[C@H](C)OC(=O)Cc1ccc(OC)c(F)c1)c1ccccc1. The molecule has 0 aromatic heterocycles. The van der Waals surface area contributed by atoms with Gasteiger partial charge in [-0.3, -0.25) is 9.59 Å². The molecule has 1 N–H and O–H groups in total. The molecule has 0 fully saturated rings. The fourth-order valence-electron chi connectivity index (χ4n) is 2.86. The highest BCUT2D eigenvalue weighted by Crippen LogP contribution is 2.19. The molecular weight excluding hydrogens is 361 g/mol. The molecule has 0 aliphatic rings. The van der Waals surface area contributed by atoms with Gasteiger partial charge in [0.05, 0.1) is 19.6 Å². The minimum atomic E-state index is -0.946. The number of ether oxygens (including phenoxy) is 2. The number of hydrogen-bond acceptors (Lipinski definition) is 4. The normalized spacial score (nSPS) is 12.7. The second-order valence-electron chi connectivity index (χ2n) is 6.54. The Kier molecular flexibility index (Phi) is 7.99. The maximum atomic E-state index is 13.7. The molecule has 2 aromatic carbocycles. The lowest BCUT2D eigenvalue weighted by Gasteiger charge is -2.21. The molecule has 0 aliphatic carbocycles. The number of amides is 1. The molecular formula is C22H26FNO4. The van der Waals surface area contributed by atoms with Crippen LogP contribution in [0.2, 0.25) is 0 Å². The van der Waals surface area contributed by atoms with E-state index in [1.165, 1.54) is 26.2 Å². The Hall–Kier alpha value is -2.89. The third kappa shape index (κ3) is 6.08. The number of carbonyl (C=O) groups excluding carboxylic acids is 2. The molecule has 2 aromatic rings. The second-order valence-corrected chi connectivity index (χ2v) is 6.54. The van der Waals surface area contributed by atoms with Crippen molar-refractivity contribution in [3.8, 4) is 5.75 Å². The number of carbonyl (C=O) groups is 2. The molecule has 2 atom stereocenters. The van der Waals surface area contributed by atoms with Crippen LogP contribution in [0.5, 0.6) is 5.75 Å². The van der Waals surface area contributed by atoms with Gasteiger partial charge in [-0.25, -0.2) is 4.39 Å². The van der Waals surface area contributed by atoms with Crippen LogP contribution in [0, 0.1) is 5.82 Å². The van der Waals surface area contributed by atoms with E-state index in [-0.39, 0.29) is 24.1 Å². The molecule has 28 heavy (non-hydrogen) atoms. The number of halogens is 1. The monoisotopic (exact) mass is 387 g/mol. The van der Waals surface area contributed by atoms with Crippen molar-refractivity contribution < 1.29 is 23.5 Å². The predicted molar refractivity (Wildman–Crippen MR) is 104 cm³/mol. The highest BCUT2D eigenvalue weighted by Gasteiger charge is 2.22. The van der Waals surface area contributed by atoms with E-state index in [0.717, 1.165) is 18.4 Å². The van der Waals surface area contributed by atoms with Gasteiger partial charge in [-0.05, 0) is 36.6 Å². The Morgan fingerprint density at radius 2 is 1.86 bits per heavy atom. The van der Waals surface area contributed by atoms with E-state index in [2.05, 4.69) is 5.32 Å². The number of benzene rings is 2. The summed E-state index contributed by atoms with van der Waals surface area (Å²) in [7, 11) is 1.37. The third-order valence-corrected chi connectivity index (χ3v) is 4.34. The van der Waals surface area contributed by atoms with Crippen molar-refractivity contribution >= 4 is 11.9 Å². The van der Waals surface area contributed by atoms with Crippen molar-refractivity contribution in [2.24, 2.45) is 0 Å². The average Bonchev–Trinajstić information content (AvgIpc) is 2.68. The van der Waals surface area contributed by atoms with Crippen molar-refractivity contribution in [3.63, 3.8) is 0 Å². The van der Waals surface area contributed by atoms with E-state index >= 15 is 0 Å². The summed E-state index contributed by atoms with van der Waals surface area (Å²) in [6.45, 7) is 3.56.